The normalized spacial score (nSPS) is 11.7. The first kappa shape index (κ1) is 15.5. The lowest BCUT2D eigenvalue weighted by atomic mass is 10.2. The lowest BCUT2D eigenvalue weighted by Gasteiger charge is -2.19. The molecule has 114 valence electrons. The Morgan fingerprint density at radius 1 is 1.43 bits per heavy atom. The van der Waals surface area contributed by atoms with Crippen LogP contribution in [0.5, 0.6) is 0 Å². The van der Waals surface area contributed by atoms with Gasteiger partial charge >= 0.3 is 5.69 Å². The summed E-state index contributed by atoms with van der Waals surface area (Å²) in [4.78, 5) is 14.1. The average Bonchev–Trinajstić information content (AvgIpc) is 2.66. The van der Waals surface area contributed by atoms with Crippen molar-refractivity contribution in [2.45, 2.75) is 6.92 Å². The number of sulfonamides is 1. The van der Waals surface area contributed by atoms with E-state index in [1.54, 1.807) is 0 Å². The van der Waals surface area contributed by atoms with E-state index in [0.29, 0.717) is 5.82 Å². The predicted molar refractivity (Wildman–Crippen MR) is 77.1 cm³/mol. The minimum Gasteiger partial charge on any atom is -0.293 e. The topological polar surface area (TPSA) is 88.1 Å². The van der Waals surface area contributed by atoms with E-state index < -0.39 is 21.5 Å². The van der Waals surface area contributed by atoms with Gasteiger partial charge in [-0.15, -0.1) is 0 Å². The van der Waals surface area contributed by atoms with Crippen LogP contribution < -0.4 is 9.99 Å². The zero-order valence-corrected chi connectivity index (χ0v) is 13.0. The first-order valence-electron chi connectivity index (χ1n) is 5.70. The van der Waals surface area contributed by atoms with Crippen molar-refractivity contribution in [1.29, 1.82) is 0 Å². The van der Waals surface area contributed by atoms with Crippen LogP contribution in [0.1, 0.15) is 5.82 Å². The highest BCUT2D eigenvalue weighted by molar-refractivity contribution is 7.92. The number of aromatic nitrogens is 3. The minimum absolute atomic E-state index is 0.0446. The molecule has 2 rings (SSSR count). The molecule has 0 saturated carbocycles. The van der Waals surface area contributed by atoms with Crippen molar-refractivity contribution in [3.8, 4) is 5.69 Å². The molecule has 0 atom stereocenters. The molecule has 1 aromatic carbocycles. The maximum absolute atomic E-state index is 14.0. The third-order valence-electron chi connectivity index (χ3n) is 2.81. The Hall–Kier alpha value is -1.87. The molecule has 0 fully saturated rings. The van der Waals surface area contributed by atoms with Gasteiger partial charge in [0.1, 0.15) is 11.5 Å². The van der Waals surface area contributed by atoms with Gasteiger partial charge in [0.2, 0.25) is 10.0 Å². The summed E-state index contributed by atoms with van der Waals surface area (Å²) in [6.45, 7) is 1.54. The fraction of sp³-hybridized carbons (Fsp3) is 0.273. The molecule has 1 heterocycles. The monoisotopic (exact) mass is 334 g/mol. The zero-order valence-electron chi connectivity index (χ0n) is 11.4. The summed E-state index contributed by atoms with van der Waals surface area (Å²) in [7, 11) is -2.31. The van der Waals surface area contributed by atoms with Crippen molar-refractivity contribution in [3.63, 3.8) is 0 Å². The van der Waals surface area contributed by atoms with E-state index in [1.807, 2.05) is 0 Å². The molecule has 10 heteroatoms. The molecule has 1 aromatic heterocycles. The number of anilines is 1. The molecule has 1 N–H and O–H groups in total. The first-order valence-corrected chi connectivity index (χ1v) is 7.93. The van der Waals surface area contributed by atoms with Gasteiger partial charge in [0.05, 0.1) is 17.0 Å². The maximum Gasteiger partial charge on any atom is 0.348 e. The van der Waals surface area contributed by atoms with Crippen LogP contribution in [0.4, 0.5) is 10.1 Å². The lowest BCUT2D eigenvalue weighted by molar-refractivity contribution is 0.598. The quantitative estimate of drug-likeness (QED) is 0.909. The molecule has 0 aliphatic carbocycles. The lowest BCUT2D eigenvalue weighted by Crippen LogP contribution is -2.26. The van der Waals surface area contributed by atoms with E-state index >= 15 is 0 Å². The Morgan fingerprint density at radius 2 is 2.05 bits per heavy atom. The van der Waals surface area contributed by atoms with Crippen LogP contribution >= 0.6 is 11.6 Å². The Balaban J connectivity index is 2.70. The third kappa shape index (κ3) is 2.93. The van der Waals surface area contributed by atoms with Gasteiger partial charge in [-0.2, -0.15) is 9.78 Å². The van der Waals surface area contributed by atoms with Crippen molar-refractivity contribution in [3.05, 3.63) is 39.3 Å². The third-order valence-corrected chi connectivity index (χ3v) is 4.31. The smallest absolute Gasteiger partial charge is 0.293 e. The fourth-order valence-electron chi connectivity index (χ4n) is 1.70. The molecule has 0 amide bonds. The number of H-pyrrole nitrogens is 1. The van der Waals surface area contributed by atoms with E-state index in [0.717, 1.165) is 27.4 Å². The van der Waals surface area contributed by atoms with E-state index in [4.69, 9.17) is 11.6 Å². The summed E-state index contributed by atoms with van der Waals surface area (Å²) in [5.74, 6) is -0.494. The van der Waals surface area contributed by atoms with Gasteiger partial charge in [0.25, 0.3) is 0 Å². The summed E-state index contributed by atoms with van der Waals surface area (Å²) in [5.41, 5.74) is -0.788. The molecule has 7 nitrogen and oxygen atoms in total. The predicted octanol–water partition coefficient (Wildman–Crippen LogP) is 1.06. The maximum atomic E-state index is 14.0. The highest BCUT2D eigenvalue weighted by atomic mass is 35.5. The van der Waals surface area contributed by atoms with Crippen molar-refractivity contribution in [2.75, 3.05) is 17.6 Å². The number of aromatic amines is 1. The summed E-state index contributed by atoms with van der Waals surface area (Å²) in [6, 6.07) is 2.09. The molecule has 0 radical (unpaired) electrons. The Kier molecular flexibility index (Phi) is 3.81. The highest BCUT2D eigenvalue weighted by Gasteiger charge is 2.20. The molecule has 2 aromatic rings. The van der Waals surface area contributed by atoms with Gasteiger partial charge in [0, 0.05) is 7.05 Å². The van der Waals surface area contributed by atoms with Gasteiger partial charge < -0.3 is 0 Å². The molecule has 21 heavy (non-hydrogen) atoms. The standard InChI is InChI=1S/C11H12ClFN4O3S/c1-6-14-11(18)17(15-6)10-5-9(7(12)4-8(10)13)16(2)21(3,19)20/h4-5H,1-3H3,(H,14,15,18). The number of benzene rings is 1. The SMILES string of the molecule is Cc1nn(-c2cc(N(C)S(C)(=O)=O)c(Cl)cc2F)c(=O)[nH]1. The van der Waals surface area contributed by atoms with Gasteiger partial charge in [-0.05, 0) is 19.1 Å². The van der Waals surface area contributed by atoms with Crippen LogP contribution in [0, 0.1) is 12.7 Å². The first-order chi connectivity index (χ1) is 9.61. The molecule has 0 bridgehead atoms. The zero-order chi connectivity index (χ0) is 15.9. The van der Waals surface area contributed by atoms with Crippen molar-refractivity contribution >= 4 is 27.3 Å². The van der Waals surface area contributed by atoms with E-state index in [9.17, 15) is 17.6 Å². The van der Waals surface area contributed by atoms with Gasteiger partial charge in [-0.25, -0.2) is 17.6 Å². The Morgan fingerprint density at radius 3 is 2.52 bits per heavy atom. The summed E-state index contributed by atoms with van der Waals surface area (Å²) in [6.07, 6.45) is 0.983. The number of nitrogens with one attached hydrogen (secondary N) is 1. The molecular weight excluding hydrogens is 323 g/mol. The highest BCUT2D eigenvalue weighted by Crippen LogP contribution is 2.30. The second kappa shape index (κ2) is 5.15. The minimum atomic E-state index is -3.58. The molecule has 0 aliphatic rings. The van der Waals surface area contributed by atoms with Crippen LogP contribution in [-0.4, -0.2) is 36.5 Å². The van der Waals surface area contributed by atoms with Crippen LogP contribution in [0.15, 0.2) is 16.9 Å². The van der Waals surface area contributed by atoms with E-state index in [2.05, 4.69) is 10.1 Å². The average molecular weight is 335 g/mol. The van der Waals surface area contributed by atoms with Gasteiger partial charge in [-0.3, -0.25) is 9.29 Å². The van der Waals surface area contributed by atoms with Crippen LogP contribution in [0.2, 0.25) is 5.02 Å². The molecule has 0 aliphatic heterocycles. The van der Waals surface area contributed by atoms with E-state index in [1.165, 1.54) is 14.0 Å². The number of hydrogen-bond donors (Lipinski definition) is 1. The molecule has 0 spiro atoms. The molecular formula is C11H12ClFN4O3S. The van der Waals surface area contributed by atoms with Crippen molar-refractivity contribution in [2.24, 2.45) is 0 Å². The second-order valence-corrected chi connectivity index (χ2v) is 6.83. The number of halogens is 2. The van der Waals surface area contributed by atoms with Crippen molar-refractivity contribution in [1.82, 2.24) is 14.8 Å². The summed E-state index contributed by atoms with van der Waals surface area (Å²) >= 11 is 5.87. The van der Waals surface area contributed by atoms with Gasteiger partial charge in [0.15, 0.2) is 5.82 Å². The van der Waals surface area contributed by atoms with Crippen LogP contribution in [-0.2, 0) is 10.0 Å². The molecule has 0 saturated heterocycles. The van der Waals surface area contributed by atoms with Crippen LogP contribution in [0.3, 0.4) is 0 Å². The second-order valence-electron chi connectivity index (χ2n) is 4.41. The fourth-order valence-corrected chi connectivity index (χ4v) is 2.54. The number of aryl methyl sites for hydroxylation is 1. The molecule has 0 unspecified atom stereocenters. The number of rotatable bonds is 3. The largest absolute Gasteiger partial charge is 0.348 e. The van der Waals surface area contributed by atoms with Crippen molar-refractivity contribution < 1.29 is 12.8 Å². The summed E-state index contributed by atoms with van der Waals surface area (Å²) < 4.78 is 38.8. The van der Waals surface area contributed by atoms with Crippen LogP contribution in [0.25, 0.3) is 5.69 Å². The van der Waals surface area contributed by atoms with Gasteiger partial charge in [-0.1, -0.05) is 11.6 Å². The number of nitrogens with zero attached hydrogens (tertiary/aromatic N) is 3. The summed E-state index contributed by atoms with van der Waals surface area (Å²) in [5, 5.41) is 3.74. The van der Waals surface area contributed by atoms with E-state index in [-0.39, 0.29) is 16.4 Å². The number of hydrogen-bond acceptors (Lipinski definition) is 4. The Bertz CT molecular complexity index is 859. The Labute approximate surface area is 125 Å².